The van der Waals surface area contributed by atoms with Gasteiger partial charge in [0.05, 0.1) is 36.5 Å². The molecular formula is C22H31N5O4S+2. The highest BCUT2D eigenvalue weighted by molar-refractivity contribution is 7.80. The number of anilines is 1. The third-order valence-corrected chi connectivity index (χ3v) is 5.66. The Labute approximate surface area is 193 Å². The number of hydrogen-bond acceptors (Lipinski definition) is 4. The predicted molar refractivity (Wildman–Crippen MR) is 128 cm³/mol. The lowest BCUT2D eigenvalue weighted by Gasteiger charge is -2.36. The minimum Gasteiger partial charge on any atom is -0.354 e. The Balaban J connectivity index is 2.03. The fourth-order valence-corrected chi connectivity index (χ4v) is 3.74. The second kappa shape index (κ2) is 11.0. The molecule has 2 aromatic carbocycles. The zero-order valence-electron chi connectivity index (χ0n) is 18.8. The van der Waals surface area contributed by atoms with Gasteiger partial charge < -0.3 is 15.1 Å². The van der Waals surface area contributed by atoms with Crippen molar-refractivity contribution < 1.29 is 19.5 Å². The quantitative estimate of drug-likeness (QED) is 0.209. The largest absolute Gasteiger partial charge is 0.354 e. The van der Waals surface area contributed by atoms with E-state index in [1.807, 2.05) is 0 Å². The van der Waals surface area contributed by atoms with E-state index in [-0.39, 0.29) is 22.3 Å². The van der Waals surface area contributed by atoms with Crippen molar-refractivity contribution in [3.63, 3.8) is 0 Å². The van der Waals surface area contributed by atoms with E-state index < -0.39 is 4.92 Å². The van der Waals surface area contributed by atoms with Crippen LogP contribution in [-0.2, 0) is 6.54 Å². The molecule has 0 saturated carbocycles. The molecule has 0 radical (unpaired) electrons. The maximum Gasteiger partial charge on any atom is 0.316 e. The van der Waals surface area contributed by atoms with E-state index in [0.29, 0.717) is 21.2 Å². The molecule has 0 heterocycles. The number of nitrogens with zero attached hydrogens (tertiary/aromatic N) is 3. The predicted octanol–water partition coefficient (Wildman–Crippen LogP) is 4.37. The first-order valence-electron chi connectivity index (χ1n) is 10.4. The molecule has 0 spiro atoms. The van der Waals surface area contributed by atoms with Gasteiger partial charge in [-0.25, -0.2) is 5.21 Å². The van der Waals surface area contributed by atoms with Gasteiger partial charge in [0.25, 0.3) is 10.6 Å². The molecular weight excluding hydrogens is 430 g/mol. The van der Waals surface area contributed by atoms with Crippen LogP contribution in [0.25, 0.3) is 0 Å². The Hall–Kier alpha value is -3.11. The molecule has 0 bridgehead atoms. The van der Waals surface area contributed by atoms with Crippen molar-refractivity contribution in [2.45, 2.75) is 32.9 Å². The molecule has 0 aliphatic carbocycles. The van der Waals surface area contributed by atoms with Crippen LogP contribution in [0.5, 0.6) is 0 Å². The summed E-state index contributed by atoms with van der Waals surface area (Å²) in [5.41, 5.74) is 1.96. The van der Waals surface area contributed by atoms with E-state index in [1.165, 1.54) is 24.3 Å². The van der Waals surface area contributed by atoms with Crippen molar-refractivity contribution in [1.29, 1.82) is 0 Å². The van der Waals surface area contributed by atoms with Crippen LogP contribution in [0, 0.1) is 20.9 Å². The minimum atomic E-state index is -0.394. The summed E-state index contributed by atoms with van der Waals surface area (Å²) in [6.45, 7) is 5.82. The lowest BCUT2D eigenvalue weighted by molar-refractivity contribution is -0.905. The maximum absolute atomic E-state index is 10.9. The van der Waals surface area contributed by atoms with Gasteiger partial charge in [-0.15, -0.1) is 0 Å². The summed E-state index contributed by atoms with van der Waals surface area (Å²) in [5, 5.41) is 26.8. The molecule has 2 rings (SSSR count). The van der Waals surface area contributed by atoms with Gasteiger partial charge in [-0.1, -0.05) is 20.3 Å². The van der Waals surface area contributed by atoms with Crippen LogP contribution < -0.4 is 10.6 Å². The molecule has 0 aromatic heterocycles. The molecule has 3 N–H and O–H groups in total. The molecule has 2 atom stereocenters. The Bertz CT molecular complexity index is 948. The number of non-ortho nitro benzene ring substituents is 1. The molecule has 9 nitrogen and oxygen atoms in total. The van der Waals surface area contributed by atoms with Crippen LogP contribution in [0.15, 0.2) is 48.5 Å². The maximum atomic E-state index is 10.9. The standard InChI is InChI=1S/C22H30N5O4S/c1-5-16(2)21(24-22(32)23-18-8-12-20(13-9-18)26(30)31)15-27(3,4)14-17-6-10-19(11-7-17)25(28)29/h6-13,16,21H,5,14-15H2,1-4H3,(H2-,23,24,30,31,32)/q+1/p+1/t16-,21+/m0/s1. The Morgan fingerprint density at radius 3 is 2.16 bits per heavy atom. The molecule has 172 valence electrons. The smallest absolute Gasteiger partial charge is 0.316 e. The second-order valence-electron chi connectivity index (χ2n) is 8.61. The van der Waals surface area contributed by atoms with Gasteiger partial charge in [-0.2, -0.15) is 0 Å². The first-order chi connectivity index (χ1) is 15.0. The first kappa shape index (κ1) is 25.2. The number of rotatable bonds is 10. The lowest BCUT2D eigenvalue weighted by atomic mass is 9.98. The minimum absolute atomic E-state index is 0.0876. The average Bonchev–Trinajstić information content (AvgIpc) is 2.72. The topological polar surface area (TPSA) is 108 Å². The van der Waals surface area contributed by atoms with Crippen LogP contribution in [-0.4, -0.2) is 51.3 Å². The fourth-order valence-electron chi connectivity index (χ4n) is 3.47. The zero-order valence-corrected chi connectivity index (χ0v) is 19.6. The second-order valence-corrected chi connectivity index (χ2v) is 9.02. The molecule has 0 amide bonds. The first-order valence-corrected chi connectivity index (χ1v) is 10.8. The number of quaternary nitrogens is 1. The van der Waals surface area contributed by atoms with Crippen LogP contribution in [0.1, 0.15) is 25.8 Å². The van der Waals surface area contributed by atoms with Crippen molar-refractivity contribution >= 4 is 34.4 Å². The van der Waals surface area contributed by atoms with E-state index in [0.717, 1.165) is 25.1 Å². The summed E-state index contributed by atoms with van der Waals surface area (Å²) in [6.07, 6.45) is 0.975. The molecule has 10 heteroatoms. The summed E-state index contributed by atoms with van der Waals surface area (Å²) < 4.78 is 0.674. The van der Waals surface area contributed by atoms with Crippen LogP contribution in [0.4, 0.5) is 17.1 Å². The highest BCUT2D eigenvalue weighted by Gasteiger charge is 2.27. The monoisotopic (exact) mass is 461 g/mol. The number of nitro benzene ring substituents is 1. The van der Waals surface area contributed by atoms with Crippen molar-refractivity contribution in [2.75, 3.05) is 26.0 Å². The highest BCUT2D eigenvalue weighted by atomic mass is 32.1. The molecule has 0 aliphatic heterocycles. The van der Waals surface area contributed by atoms with Crippen LogP contribution >= 0.6 is 12.2 Å². The number of hydrogen-bond donors (Lipinski definition) is 3. The fraction of sp³-hybridized carbons (Fsp3) is 0.409. The lowest BCUT2D eigenvalue weighted by Crippen LogP contribution is -2.53. The van der Waals surface area contributed by atoms with Gasteiger partial charge in [-0.3, -0.25) is 10.1 Å². The Morgan fingerprint density at radius 1 is 1.09 bits per heavy atom. The molecule has 32 heavy (non-hydrogen) atoms. The molecule has 0 unspecified atom stereocenters. The highest BCUT2D eigenvalue weighted by Crippen LogP contribution is 2.19. The zero-order chi connectivity index (χ0) is 23.9. The Morgan fingerprint density at radius 2 is 1.66 bits per heavy atom. The normalized spacial score (nSPS) is 13.1. The van der Waals surface area contributed by atoms with E-state index in [4.69, 9.17) is 17.4 Å². The third-order valence-electron chi connectivity index (χ3n) is 5.44. The summed E-state index contributed by atoms with van der Waals surface area (Å²) in [5.74, 6) is 0.356. The molecule has 2 aromatic rings. The molecule has 0 fully saturated rings. The van der Waals surface area contributed by atoms with Gasteiger partial charge in [0.1, 0.15) is 6.54 Å². The third kappa shape index (κ3) is 7.54. The summed E-state index contributed by atoms with van der Waals surface area (Å²) in [6, 6.07) is 13.1. The van der Waals surface area contributed by atoms with Crippen molar-refractivity contribution in [3.8, 4) is 0 Å². The molecule has 0 aliphatic rings. The van der Waals surface area contributed by atoms with Crippen molar-refractivity contribution in [1.82, 2.24) is 5.32 Å². The van der Waals surface area contributed by atoms with E-state index >= 15 is 0 Å². The van der Waals surface area contributed by atoms with Gasteiger partial charge in [0.15, 0.2) is 5.11 Å². The Kier molecular flexibility index (Phi) is 8.62. The number of benzene rings is 2. The SMILES string of the molecule is CC[C@H](C)[C@@H](C[N+](C)(C)Cc1ccc([N+](=O)[O-])cc1)NC(=S)Nc1ccc([N+](=O)O)cc1. The summed E-state index contributed by atoms with van der Waals surface area (Å²) >= 11 is 5.51. The average molecular weight is 462 g/mol. The van der Waals surface area contributed by atoms with Gasteiger partial charge in [-0.05, 0) is 42.4 Å². The van der Waals surface area contributed by atoms with Crippen molar-refractivity contribution in [3.05, 3.63) is 69.1 Å². The molecule has 0 saturated heterocycles. The van der Waals surface area contributed by atoms with Crippen molar-refractivity contribution in [2.24, 2.45) is 5.92 Å². The summed E-state index contributed by atoms with van der Waals surface area (Å²) in [7, 11) is 4.24. The number of nitrogens with one attached hydrogen (secondary N) is 2. The van der Waals surface area contributed by atoms with Crippen LogP contribution in [0.2, 0.25) is 0 Å². The van der Waals surface area contributed by atoms with Crippen LogP contribution in [0.3, 0.4) is 0 Å². The number of thiocarbonyl (C=S) groups is 1. The van der Waals surface area contributed by atoms with E-state index in [9.17, 15) is 15.0 Å². The van der Waals surface area contributed by atoms with E-state index in [2.05, 4.69) is 38.6 Å². The number of nitro groups is 1. The van der Waals surface area contributed by atoms with Gasteiger partial charge in [0, 0.05) is 35.5 Å². The van der Waals surface area contributed by atoms with Gasteiger partial charge in [0.2, 0.25) is 0 Å². The van der Waals surface area contributed by atoms with Gasteiger partial charge >= 0.3 is 5.69 Å². The van der Waals surface area contributed by atoms with E-state index in [1.54, 1.807) is 24.3 Å². The summed E-state index contributed by atoms with van der Waals surface area (Å²) in [4.78, 5) is 21.2. The number of likely N-dealkylation sites (N-methyl/N-ethyl adjacent to an activating group) is 1.